The molecule has 21 heavy (non-hydrogen) atoms. The average molecular weight is 310 g/mol. The molecule has 0 aliphatic carbocycles. The molecule has 0 bridgehead atoms. The van der Waals surface area contributed by atoms with Crippen molar-refractivity contribution in [2.24, 2.45) is 0 Å². The predicted molar refractivity (Wildman–Crippen MR) is 79.2 cm³/mol. The zero-order valence-corrected chi connectivity index (χ0v) is 12.7. The average Bonchev–Trinajstić information content (AvgIpc) is 3.09. The van der Waals surface area contributed by atoms with Gasteiger partial charge in [-0.15, -0.1) is 10.2 Å². The third kappa shape index (κ3) is 4.27. The number of amides is 2. The molecule has 2 aromatic heterocycles. The number of urea groups is 1. The second-order valence-corrected chi connectivity index (χ2v) is 5.87. The van der Waals surface area contributed by atoms with Crippen molar-refractivity contribution in [3.8, 4) is 0 Å². The van der Waals surface area contributed by atoms with Crippen LogP contribution in [-0.4, -0.2) is 27.9 Å². The molecule has 0 spiro atoms. The lowest BCUT2D eigenvalue weighted by molar-refractivity contribution is 0.0372. The van der Waals surface area contributed by atoms with Gasteiger partial charge in [-0.1, -0.05) is 18.3 Å². The van der Waals surface area contributed by atoms with Crippen molar-refractivity contribution >= 4 is 22.5 Å². The number of hydrogen-bond donors (Lipinski definition) is 3. The summed E-state index contributed by atoms with van der Waals surface area (Å²) in [7, 11) is 0. The van der Waals surface area contributed by atoms with E-state index in [1.165, 1.54) is 17.6 Å². The zero-order chi connectivity index (χ0) is 15.3. The first-order chi connectivity index (χ1) is 10.0. The molecule has 2 rings (SSSR count). The lowest BCUT2D eigenvalue weighted by Gasteiger charge is -2.20. The fourth-order valence-electron chi connectivity index (χ4n) is 1.68. The molecule has 0 saturated carbocycles. The molecule has 114 valence electrons. The van der Waals surface area contributed by atoms with Crippen LogP contribution in [0.15, 0.2) is 22.8 Å². The minimum atomic E-state index is -1.27. The maximum atomic E-state index is 11.8. The summed E-state index contributed by atoms with van der Waals surface area (Å²) >= 11 is 1.34. The number of nitrogens with zero attached hydrogens (tertiary/aromatic N) is 2. The maximum absolute atomic E-state index is 11.8. The number of hydrogen-bond acceptors (Lipinski definition) is 6. The Morgan fingerprint density at radius 3 is 3.00 bits per heavy atom. The highest BCUT2D eigenvalue weighted by Gasteiger charge is 2.26. The Morgan fingerprint density at radius 1 is 1.52 bits per heavy atom. The van der Waals surface area contributed by atoms with Gasteiger partial charge in [0, 0.05) is 6.42 Å². The second kappa shape index (κ2) is 6.68. The second-order valence-electron chi connectivity index (χ2n) is 4.81. The Bertz CT molecular complexity index is 580. The van der Waals surface area contributed by atoms with Gasteiger partial charge in [0.2, 0.25) is 5.13 Å². The van der Waals surface area contributed by atoms with E-state index in [0.717, 1.165) is 17.8 Å². The van der Waals surface area contributed by atoms with Crippen LogP contribution in [0.3, 0.4) is 0 Å². The highest BCUT2D eigenvalue weighted by molar-refractivity contribution is 7.15. The third-order valence-electron chi connectivity index (χ3n) is 2.80. The Morgan fingerprint density at radius 2 is 2.33 bits per heavy atom. The summed E-state index contributed by atoms with van der Waals surface area (Å²) in [6.45, 7) is 3.64. The summed E-state index contributed by atoms with van der Waals surface area (Å²) in [5.41, 5.74) is -1.27. The van der Waals surface area contributed by atoms with Crippen molar-refractivity contribution in [3.05, 3.63) is 29.2 Å². The van der Waals surface area contributed by atoms with E-state index < -0.39 is 11.6 Å². The van der Waals surface area contributed by atoms with E-state index in [2.05, 4.69) is 27.8 Å². The van der Waals surface area contributed by atoms with E-state index in [-0.39, 0.29) is 6.54 Å². The van der Waals surface area contributed by atoms with Gasteiger partial charge in [-0.3, -0.25) is 5.32 Å². The Kier molecular flexibility index (Phi) is 4.92. The SMILES string of the molecule is CCCc1nnc(NC(=O)NCC(C)(O)c2ccco2)s1. The predicted octanol–water partition coefficient (Wildman–Crippen LogP) is 2.11. The molecule has 2 amide bonds. The van der Waals surface area contributed by atoms with Gasteiger partial charge >= 0.3 is 6.03 Å². The van der Waals surface area contributed by atoms with Crippen LogP contribution in [0.5, 0.6) is 0 Å². The highest BCUT2D eigenvalue weighted by Crippen LogP contribution is 2.20. The molecule has 2 aromatic rings. The van der Waals surface area contributed by atoms with E-state index in [0.29, 0.717) is 10.9 Å². The topological polar surface area (TPSA) is 100 Å². The van der Waals surface area contributed by atoms with Gasteiger partial charge in [0.05, 0.1) is 12.8 Å². The molecular formula is C13H18N4O3S. The Labute approximate surface area is 126 Å². The molecular weight excluding hydrogens is 292 g/mol. The largest absolute Gasteiger partial charge is 0.466 e. The van der Waals surface area contributed by atoms with Crippen molar-refractivity contribution < 1.29 is 14.3 Å². The van der Waals surface area contributed by atoms with Crippen molar-refractivity contribution in [3.63, 3.8) is 0 Å². The van der Waals surface area contributed by atoms with Crippen LogP contribution in [0.4, 0.5) is 9.93 Å². The number of furan rings is 1. The fraction of sp³-hybridized carbons (Fsp3) is 0.462. The van der Waals surface area contributed by atoms with E-state index in [9.17, 15) is 9.90 Å². The van der Waals surface area contributed by atoms with Gasteiger partial charge in [-0.25, -0.2) is 4.79 Å². The molecule has 8 heteroatoms. The molecule has 7 nitrogen and oxygen atoms in total. The van der Waals surface area contributed by atoms with Crippen molar-refractivity contribution in [2.75, 3.05) is 11.9 Å². The molecule has 3 N–H and O–H groups in total. The molecule has 2 heterocycles. The number of rotatable bonds is 6. The van der Waals surface area contributed by atoms with Crippen LogP contribution >= 0.6 is 11.3 Å². The van der Waals surface area contributed by atoms with E-state index in [1.807, 2.05) is 0 Å². The van der Waals surface area contributed by atoms with Crippen LogP contribution in [0.25, 0.3) is 0 Å². The minimum Gasteiger partial charge on any atom is -0.466 e. The van der Waals surface area contributed by atoms with E-state index in [1.54, 1.807) is 19.1 Å². The number of aliphatic hydroxyl groups is 1. The summed E-state index contributed by atoms with van der Waals surface area (Å²) in [5.74, 6) is 0.393. The molecule has 0 aromatic carbocycles. The number of carbonyl (C=O) groups is 1. The smallest absolute Gasteiger partial charge is 0.321 e. The zero-order valence-electron chi connectivity index (χ0n) is 11.9. The first kappa shape index (κ1) is 15.5. The standard InChI is InChI=1S/C13H18N4O3S/c1-3-5-10-16-17-12(21-10)15-11(18)14-8-13(2,19)9-6-4-7-20-9/h4,6-7,19H,3,5,8H2,1-2H3,(H2,14,15,17,18). The number of aromatic nitrogens is 2. The molecule has 0 fully saturated rings. The normalized spacial score (nSPS) is 13.7. The molecule has 1 atom stereocenters. The van der Waals surface area contributed by atoms with Crippen molar-refractivity contribution in [2.45, 2.75) is 32.3 Å². The third-order valence-corrected chi connectivity index (χ3v) is 3.69. The van der Waals surface area contributed by atoms with Crippen LogP contribution in [-0.2, 0) is 12.0 Å². The highest BCUT2D eigenvalue weighted by atomic mass is 32.1. The quantitative estimate of drug-likeness (QED) is 0.758. The minimum absolute atomic E-state index is 0.0208. The maximum Gasteiger partial charge on any atom is 0.321 e. The van der Waals surface area contributed by atoms with Gasteiger partial charge < -0.3 is 14.8 Å². The fourth-order valence-corrected chi connectivity index (χ4v) is 2.52. The summed E-state index contributed by atoms with van der Waals surface area (Å²) < 4.78 is 5.14. The molecule has 0 aliphatic rings. The summed E-state index contributed by atoms with van der Waals surface area (Å²) in [4.78, 5) is 11.8. The van der Waals surface area contributed by atoms with Gasteiger partial charge in [0.15, 0.2) is 0 Å². The van der Waals surface area contributed by atoms with E-state index >= 15 is 0 Å². The van der Waals surface area contributed by atoms with Crippen molar-refractivity contribution in [1.82, 2.24) is 15.5 Å². The van der Waals surface area contributed by atoms with Gasteiger partial charge in [-0.05, 0) is 25.5 Å². The van der Waals surface area contributed by atoms with E-state index in [4.69, 9.17) is 4.42 Å². The van der Waals surface area contributed by atoms with Gasteiger partial charge in [0.1, 0.15) is 16.4 Å². The number of carbonyl (C=O) groups excluding carboxylic acids is 1. The number of aryl methyl sites for hydroxylation is 1. The summed E-state index contributed by atoms with van der Waals surface area (Å²) in [6.07, 6.45) is 3.29. The molecule has 1 unspecified atom stereocenters. The monoisotopic (exact) mass is 310 g/mol. The molecule has 0 saturated heterocycles. The van der Waals surface area contributed by atoms with Crippen LogP contribution in [0, 0.1) is 0 Å². The van der Waals surface area contributed by atoms with Gasteiger partial charge in [-0.2, -0.15) is 0 Å². The van der Waals surface area contributed by atoms with Crippen LogP contribution < -0.4 is 10.6 Å². The van der Waals surface area contributed by atoms with Crippen LogP contribution in [0.2, 0.25) is 0 Å². The number of anilines is 1. The summed E-state index contributed by atoms with van der Waals surface area (Å²) in [6, 6.07) is 2.89. The van der Waals surface area contributed by atoms with Crippen LogP contribution in [0.1, 0.15) is 31.0 Å². The Balaban J connectivity index is 1.84. The number of nitrogens with one attached hydrogen (secondary N) is 2. The molecule has 0 radical (unpaired) electrons. The van der Waals surface area contributed by atoms with Gasteiger partial charge in [0.25, 0.3) is 0 Å². The molecule has 0 aliphatic heterocycles. The lowest BCUT2D eigenvalue weighted by atomic mass is 10.0. The van der Waals surface area contributed by atoms with Crippen molar-refractivity contribution in [1.29, 1.82) is 0 Å². The first-order valence-electron chi connectivity index (χ1n) is 6.65. The Hall–Kier alpha value is -1.93. The lowest BCUT2D eigenvalue weighted by Crippen LogP contribution is -2.40. The first-order valence-corrected chi connectivity index (χ1v) is 7.46. The summed E-state index contributed by atoms with van der Waals surface area (Å²) in [5, 5.41) is 24.6.